The molecule has 0 aliphatic carbocycles. The van der Waals surface area contributed by atoms with Crippen LogP contribution < -0.4 is 11.1 Å². The molecule has 0 aromatic rings. The van der Waals surface area contributed by atoms with Crippen molar-refractivity contribution in [1.82, 2.24) is 10.2 Å². The maximum atomic E-state index is 12.7. The largest absolute Gasteiger partial charge is 0.481 e. The summed E-state index contributed by atoms with van der Waals surface area (Å²) < 4.78 is 0. The number of aliphatic carboxylic acids is 1. The Morgan fingerprint density at radius 3 is 2.57 bits per heavy atom. The molecule has 3 atom stereocenters. The average molecular weight is 299 g/mol. The molecular weight excluding hydrogens is 274 g/mol. The van der Waals surface area contributed by atoms with Crippen LogP contribution in [0.1, 0.15) is 46.0 Å². The summed E-state index contributed by atoms with van der Waals surface area (Å²) in [6.45, 7) is 4.33. The van der Waals surface area contributed by atoms with Gasteiger partial charge in [-0.2, -0.15) is 0 Å². The van der Waals surface area contributed by atoms with E-state index in [1.165, 1.54) is 0 Å². The molecule has 21 heavy (non-hydrogen) atoms. The quantitative estimate of drug-likeness (QED) is 0.677. The fraction of sp³-hybridized carbons (Fsp3) is 0.786. The number of piperidine rings is 1. The predicted octanol–water partition coefficient (Wildman–Crippen LogP) is 0.925. The number of carbonyl (C=O) groups is 3. The molecule has 7 heteroatoms. The van der Waals surface area contributed by atoms with Gasteiger partial charge in [0.05, 0.1) is 6.42 Å². The lowest BCUT2D eigenvalue weighted by atomic mass is 9.93. The van der Waals surface area contributed by atoms with Gasteiger partial charge in [0.25, 0.3) is 0 Å². The SMILES string of the molecule is CCC(C)C(NC(N)=O)C(=O)N1CCCCC1CC(=O)O. The van der Waals surface area contributed by atoms with Gasteiger partial charge in [-0.1, -0.05) is 20.3 Å². The van der Waals surface area contributed by atoms with Gasteiger partial charge < -0.3 is 21.1 Å². The minimum absolute atomic E-state index is 0.0580. The number of carbonyl (C=O) groups excluding carboxylic acids is 2. The second-order valence-corrected chi connectivity index (χ2v) is 5.65. The van der Waals surface area contributed by atoms with Gasteiger partial charge >= 0.3 is 12.0 Å². The van der Waals surface area contributed by atoms with Gasteiger partial charge in [0.1, 0.15) is 6.04 Å². The Bertz CT molecular complexity index is 400. The number of nitrogens with zero attached hydrogens (tertiary/aromatic N) is 1. The highest BCUT2D eigenvalue weighted by molar-refractivity contribution is 5.87. The summed E-state index contributed by atoms with van der Waals surface area (Å²) in [7, 11) is 0. The minimum Gasteiger partial charge on any atom is -0.481 e. The molecule has 3 amide bonds. The fourth-order valence-electron chi connectivity index (χ4n) is 2.72. The Balaban J connectivity index is 2.87. The number of nitrogens with two attached hydrogens (primary N) is 1. The maximum absolute atomic E-state index is 12.7. The summed E-state index contributed by atoms with van der Waals surface area (Å²) in [6, 6.07) is -1.73. The summed E-state index contributed by atoms with van der Waals surface area (Å²) in [6.07, 6.45) is 3.11. The molecule has 1 heterocycles. The topological polar surface area (TPSA) is 113 Å². The number of amides is 3. The lowest BCUT2D eigenvalue weighted by molar-refractivity contribution is -0.143. The monoisotopic (exact) mass is 299 g/mol. The number of carboxylic acid groups (broad SMARTS) is 1. The highest BCUT2D eigenvalue weighted by atomic mass is 16.4. The number of likely N-dealkylation sites (tertiary alicyclic amines) is 1. The van der Waals surface area contributed by atoms with E-state index in [9.17, 15) is 14.4 Å². The normalized spacial score (nSPS) is 21.4. The zero-order chi connectivity index (χ0) is 16.0. The van der Waals surface area contributed by atoms with Crippen LogP contribution in [0.15, 0.2) is 0 Å². The van der Waals surface area contributed by atoms with Gasteiger partial charge in [-0.15, -0.1) is 0 Å². The molecule has 4 N–H and O–H groups in total. The Hall–Kier alpha value is -1.79. The van der Waals surface area contributed by atoms with Gasteiger partial charge in [0.15, 0.2) is 0 Å². The van der Waals surface area contributed by atoms with Crippen molar-refractivity contribution in [1.29, 1.82) is 0 Å². The second-order valence-electron chi connectivity index (χ2n) is 5.65. The number of hydrogen-bond donors (Lipinski definition) is 3. The molecule has 1 aliphatic rings. The van der Waals surface area contributed by atoms with E-state index in [4.69, 9.17) is 10.8 Å². The van der Waals surface area contributed by atoms with Gasteiger partial charge in [-0.3, -0.25) is 9.59 Å². The van der Waals surface area contributed by atoms with Crippen LogP contribution >= 0.6 is 0 Å². The number of hydrogen-bond acceptors (Lipinski definition) is 3. The fourth-order valence-corrected chi connectivity index (χ4v) is 2.72. The molecular formula is C14H25N3O4. The third-order valence-corrected chi connectivity index (χ3v) is 4.10. The Kier molecular flexibility index (Phi) is 6.45. The zero-order valence-electron chi connectivity index (χ0n) is 12.7. The van der Waals surface area contributed by atoms with Gasteiger partial charge in [-0.25, -0.2) is 4.79 Å². The van der Waals surface area contributed by atoms with Crippen LogP contribution in [0.5, 0.6) is 0 Å². The number of rotatable bonds is 6. The van der Waals surface area contributed by atoms with Crippen LogP contribution in [0.25, 0.3) is 0 Å². The Morgan fingerprint density at radius 1 is 1.38 bits per heavy atom. The van der Waals surface area contributed by atoms with E-state index >= 15 is 0 Å². The van der Waals surface area contributed by atoms with Gasteiger partial charge in [0, 0.05) is 12.6 Å². The molecule has 0 saturated carbocycles. The predicted molar refractivity (Wildman–Crippen MR) is 77.6 cm³/mol. The van der Waals surface area contributed by atoms with E-state index in [2.05, 4.69) is 5.32 Å². The molecule has 3 unspecified atom stereocenters. The summed E-state index contributed by atoms with van der Waals surface area (Å²) >= 11 is 0. The standard InChI is InChI=1S/C14H25N3O4/c1-3-9(2)12(16-14(15)21)13(20)17-7-5-4-6-10(17)8-11(18)19/h9-10,12H,3-8H2,1-2H3,(H,18,19)(H3,15,16,21). The molecule has 7 nitrogen and oxygen atoms in total. The first kappa shape index (κ1) is 17.3. The first-order chi connectivity index (χ1) is 9.86. The van der Waals surface area contributed by atoms with Crippen LogP contribution in [0.2, 0.25) is 0 Å². The Labute approximate surface area is 124 Å². The van der Waals surface area contributed by atoms with Crippen molar-refractivity contribution in [3.8, 4) is 0 Å². The third kappa shape index (κ3) is 4.91. The second kappa shape index (κ2) is 7.85. The number of nitrogens with one attached hydrogen (secondary N) is 1. The third-order valence-electron chi connectivity index (χ3n) is 4.10. The molecule has 1 fully saturated rings. The first-order valence-electron chi connectivity index (χ1n) is 7.45. The van der Waals surface area contributed by atoms with Crippen molar-refractivity contribution >= 4 is 17.9 Å². The smallest absolute Gasteiger partial charge is 0.312 e. The molecule has 0 bridgehead atoms. The summed E-state index contributed by atoms with van der Waals surface area (Å²) in [5, 5.41) is 11.5. The zero-order valence-corrected chi connectivity index (χ0v) is 12.7. The van der Waals surface area contributed by atoms with E-state index in [0.29, 0.717) is 19.4 Å². The molecule has 1 saturated heterocycles. The number of urea groups is 1. The minimum atomic E-state index is -0.914. The van der Waals surface area contributed by atoms with Gasteiger partial charge in [0.2, 0.25) is 5.91 Å². The molecule has 0 aromatic carbocycles. The van der Waals surface area contributed by atoms with Crippen molar-refractivity contribution in [2.45, 2.75) is 58.0 Å². The van der Waals surface area contributed by atoms with Crippen LogP contribution in [0, 0.1) is 5.92 Å². The van der Waals surface area contributed by atoms with Crippen LogP contribution in [-0.4, -0.2) is 46.5 Å². The van der Waals surface area contributed by atoms with Crippen LogP contribution in [0.3, 0.4) is 0 Å². The van der Waals surface area contributed by atoms with Crippen LogP contribution in [0.4, 0.5) is 4.79 Å². The maximum Gasteiger partial charge on any atom is 0.312 e. The highest BCUT2D eigenvalue weighted by Gasteiger charge is 2.35. The molecule has 1 rings (SSSR count). The van der Waals surface area contributed by atoms with Crippen molar-refractivity contribution in [3.05, 3.63) is 0 Å². The van der Waals surface area contributed by atoms with Gasteiger partial charge in [-0.05, 0) is 25.2 Å². The summed E-state index contributed by atoms with van der Waals surface area (Å²) in [4.78, 5) is 36.4. The lowest BCUT2D eigenvalue weighted by Crippen LogP contribution is -2.56. The molecule has 120 valence electrons. The molecule has 0 radical (unpaired) electrons. The Morgan fingerprint density at radius 2 is 2.05 bits per heavy atom. The summed E-state index contributed by atoms with van der Waals surface area (Å²) in [5.74, 6) is -1.20. The van der Waals surface area contributed by atoms with Crippen molar-refractivity contribution in [2.75, 3.05) is 6.54 Å². The van der Waals surface area contributed by atoms with Crippen LogP contribution in [-0.2, 0) is 9.59 Å². The molecule has 0 spiro atoms. The van der Waals surface area contributed by atoms with E-state index in [0.717, 1.165) is 12.8 Å². The van der Waals surface area contributed by atoms with E-state index in [1.807, 2.05) is 13.8 Å². The van der Waals surface area contributed by atoms with E-state index < -0.39 is 18.0 Å². The highest BCUT2D eigenvalue weighted by Crippen LogP contribution is 2.22. The number of carboxylic acids is 1. The van der Waals surface area contributed by atoms with E-state index in [1.54, 1.807) is 4.90 Å². The molecule has 0 aromatic heterocycles. The lowest BCUT2D eigenvalue weighted by Gasteiger charge is -2.38. The van der Waals surface area contributed by atoms with E-state index in [-0.39, 0.29) is 24.3 Å². The van der Waals surface area contributed by atoms with Crippen molar-refractivity contribution in [2.24, 2.45) is 11.7 Å². The molecule has 1 aliphatic heterocycles. The first-order valence-corrected chi connectivity index (χ1v) is 7.45. The van der Waals surface area contributed by atoms with Crippen molar-refractivity contribution in [3.63, 3.8) is 0 Å². The van der Waals surface area contributed by atoms with Crippen molar-refractivity contribution < 1.29 is 19.5 Å². The number of primary amides is 1. The summed E-state index contributed by atoms with van der Waals surface area (Å²) in [5.41, 5.74) is 5.15. The average Bonchev–Trinajstić information content (AvgIpc) is 2.43.